The topological polar surface area (TPSA) is 83.1 Å². The average Bonchev–Trinajstić information content (AvgIpc) is 2.93. The third-order valence-electron chi connectivity index (χ3n) is 7.06. The second-order valence-electron chi connectivity index (χ2n) is 11.5. The molecule has 5 rings (SSSR count). The van der Waals surface area contributed by atoms with Crippen molar-refractivity contribution in [3.8, 4) is 0 Å². The number of benzene rings is 1. The van der Waals surface area contributed by atoms with E-state index in [0.29, 0.717) is 63.2 Å². The third-order valence-corrected chi connectivity index (χ3v) is 7.06. The van der Waals surface area contributed by atoms with Crippen molar-refractivity contribution in [2.24, 2.45) is 5.41 Å². The van der Waals surface area contributed by atoms with Crippen LogP contribution in [0.3, 0.4) is 0 Å². The highest BCUT2D eigenvalue weighted by molar-refractivity contribution is 5.97. The summed E-state index contributed by atoms with van der Waals surface area (Å²) in [6, 6.07) is 4.08. The molecule has 4 heterocycles. The summed E-state index contributed by atoms with van der Waals surface area (Å²) in [5.41, 5.74) is 2.94. The van der Waals surface area contributed by atoms with Crippen LogP contribution >= 0.6 is 0 Å². The Morgan fingerprint density at radius 1 is 1.02 bits per heavy atom. The van der Waals surface area contributed by atoms with E-state index in [1.54, 1.807) is 17.3 Å². The van der Waals surface area contributed by atoms with Crippen LogP contribution in [0.1, 0.15) is 26.3 Å². The fourth-order valence-electron chi connectivity index (χ4n) is 4.96. The Morgan fingerprint density at radius 3 is 2.45 bits per heavy atom. The van der Waals surface area contributed by atoms with Crippen LogP contribution in [0.25, 0.3) is 10.9 Å². The molecule has 0 radical (unpaired) electrons. The van der Waals surface area contributed by atoms with E-state index in [1.807, 2.05) is 38.7 Å². The van der Waals surface area contributed by atoms with Gasteiger partial charge in [-0.25, -0.2) is 18.6 Å². The van der Waals surface area contributed by atoms with Crippen LogP contribution in [-0.2, 0) is 9.47 Å². The van der Waals surface area contributed by atoms with Gasteiger partial charge in [-0.15, -0.1) is 0 Å². The number of piperazine rings is 1. The van der Waals surface area contributed by atoms with E-state index >= 15 is 4.39 Å². The number of nitrogens with zero attached hydrogens (tertiary/aromatic N) is 5. The van der Waals surface area contributed by atoms with Crippen LogP contribution in [0, 0.1) is 24.0 Å². The first-order valence-corrected chi connectivity index (χ1v) is 13.6. The Kier molecular flexibility index (Phi) is 7.93. The number of ether oxygens (including phenoxy) is 2. The number of anilines is 4. The molecule has 2 aliphatic heterocycles. The molecule has 11 heteroatoms. The summed E-state index contributed by atoms with van der Waals surface area (Å²) in [4.78, 5) is 27.6. The highest BCUT2D eigenvalue weighted by Crippen LogP contribution is 2.37. The van der Waals surface area contributed by atoms with Crippen LogP contribution < -0.4 is 15.1 Å². The Bertz CT molecular complexity index is 1380. The number of hydrogen-bond acceptors (Lipinski definition) is 8. The van der Waals surface area contributed by atoms with Crippen molar-refractivity contribution in [1.29, 1.82) is 0 Å². The van der Waals surface area contributed by atoms with Crippen LogP contribution in [0.2, 0.25) is 0 Å². The second-order valence-corrected chi connectivity index (χ2v) is 11.5. The van der Waals surface area contributed by atoms with Crippen molar-refractivity contribution in [2.45, 2.75) is 27.7 Å². The van der Waals surface area contributed by atoms with Crippen molar-refractivity contribution < 1.29 is 23.0 Å². The molecule has 0 bridgehead atoms. The molecule has 1 amide bonds. The normalized spacial score (nSPS) is 16.4. The standard InChI is InChI=1S/C29H36F2N6O3/c1-19-26(33-21-15-22(17-32-16-21)35-9-11-39-12-10-35)25-23(31)13-20(30)14-24(25)34-27(19)36-5-7-37(8-6-36)28(38)40-18-29(2,3)4/h13-17H,5-12,18H2,1-4H3,(H,33,34). The molecule has 1 aromatic carbocycles. The van der Waals surface area contributed by atoms with Gasteiger partial charge in [-0.3, -0.25) is 4.98 Å². The molecule has 2 fully saturated rings. The molecule has 0 unspecified atom stereocenters. The van der Waals surface area contributed by atoms with Crippen molar-refractivity contribution in [2.75, 3.05) is 74.2 Å². The monoisotopic (exact) mass is 554 g/mol. The average molecular weight is 555 g/mol. The lowest BCUT2D eigenvalue weighted by Gasteiger charge is -2.36. The fourth-order valence-corrected chi connectivity index (χ4v) is 4.96. The summed E-state index contributed by atoms with van der Waals surface area (Å²) in [6.07, 6.45) is 3.14. The quantitative estimate of drug-likeness (QED) is 0.467. The molecule has 3 aromatic rings. The summed E-state index contributed by atoms with van der Waals surface area (Å²) in [5, 5.41) is 3.57. The molecule has 0 spiro atoms. The van der Waals surface area contributed by atoms with Gasteiger partial charge in [0.05, 0.1) is 60.2 Å². The van der Waals surface area contributed by atoms with Gasteiger partial charge in [0.25, 0.3) is 0 Å². The number of amides is 1. The highest BCUT2D eigenvalue weighted by atomic mass is 19.1. The minimum atomic E-state index is -0.694. The Morgan fingerprint density at radius 2 is 1.75 bits per heavy atom. The van der Waals surface area contributed by atoms with E-state index in [2.05, 4.69) is 20.2 Å². The molecule has 40 heavy (non-hydrogen) atoms. The highest BCUT2D eigenvalue weighted by Gasteiger charge is 2.27. The maximum Gasteiger partial charge on any atom is 0.409 e. The maximum atomic E-state index is 15.2. The zero-order valence-electron chi connectivity index (χ0n) is 23.5. The molecule has 214 valence electrons. The molecular weight excluding hydrogens is 518 g/mol. The van der Waals surface area contributed by atoms with Gasteiger partial charge in [0.15, 0.2) is 0 Å². The van der Waals surface area contributed by atoms with E-state index in [0.717, 1.165) is 30.4 Å². The predicted molar refractivity (Wildman–Crippen MR) is 152 cm³/mol. The summed E-state index contributed by atoms with van der Waals surface area (Å²) >= 11 is 0. The van der Waals surface area contributed by atoms with Crippen molar-refractivity contribution in [1.82, 2.24) is 14.9 Å². The number of fused-ring (bicyclic) bond motifs is 1. The van der Waals surface area contributed by atoms with Gasteiger partial charge in [-0.2, -0.15) is 0 Å². The number of nitrogens with one attached hydrogen (secondary N) is 1. The molecule has 2 saturated heterocycles. The van der Waals surface area contributed by atoms with Crippen molar-refractivity contribution in [3.05, 3.63) is 47.8 Å². The lowest BCUT2D eigenvalue weighted by atomic mass is 9.99. The Labute approximate surface area is 233 Å². The zero-order chi connectivity index (χ0) is 28.4. The van der Waals surface area contributed by atoms with Gasteiger partial charge >= 0.3 is 6.09 Å². The van der Waals surface area contributed by atoms with E-state index < -0.39 is 11.6 Å². The summed E-state index contributed by atoms with van der Waals surface area (Å²) in [7, 11) is 0. The smallest absolute Gasteiger partial charge is 0.409 e. The Hall–Kier alpha value is -3.73. The molecule has 0 aliphatic carbocycles. The molecule has 0 atom stereocenters. The van der Waals surface area contributed by atoms with Gasteiger partial charge in [-0.1, -0.05) is 20.8 Å². The molecule has 1 N–H and O–H groups in total. The van der Waals surface area contributed by atoms with E-state index in [4.69, 9.17) is 9.47 Å². The maximum absolute atomic E-state index is 15.2. The van der Waals surface area contributed by atoms with Crippen LogP contribution in [0.15, 0.2) is 30.6 Å². The minimum absolute atomic E-state index is 0.116. The SMILES string of the molecule is Cc1c(N2CCN(C(=O)OCC(C)(C)C)CC2)nc2cc(F)cc(F)c2c1Nc1cncc(N2CCOCC2)c1. The number of carbonyl (C=O) groups excluding carboxylic acids is 1. The molecule has 0 saturated carbocycles. The number of hydrogen-bond donors (Lipinski definition) is 1. The van der Waals surface area contributed by atoms with Crippen LogP contribution in [-0.4, -0.2) is 80.1 Å². The number of rotatable bonds is 5. The van der Waals surface area contributed by atoms with Crippen molar-refractivity contribution >= 4 is 39.9 Å². The molecule has 2 aromatic heterocycles. The third kappa shape index (κ3) is 6.19. The number of aromatic nitrogens is 2. The first kappa shape index (κ1) is 27.8. The first-order valence-electron chi connectivity index (χ1n) is 13.6. The van der Waals surface area contributed by atoms with Gasteiger partial charge in [0.1, 0.15) is 17.5 Å². The summed E-state index contributed by atoms with van der Waals surface area (Å²) < 4.78 is 40.4. The van der Waals surface area contributed by atoms with Gasteiger partial charge in [0, 0.05) is 57.0 Å². The van der Waals surface area contributed by atoms with Crippen LogP contribution in [0.5, 0.6) is 0 Å². The van der Waals surface area contributed by atoms with Crippen molar-refractivity contribution in [3.63, 3.8) is 0 Å². The number of morpholine rings is 1. The lowest BCUT2D eigenvalue weighted by molar-refractivity contribution is 0.0707. The summed E-state index contributed by atoms with van der Waals surface area (Å²) in [5.74, 6) is -0.774. The van der Waals surface area contributed by atoms with Gasteiger partial charge in [-0.05, 0) is 18.4 Å². The zero-order valence-corrected chi connectivity index (χ0v) is 23.5. The van der Waals surface area contributed by atoms with Crippen LogP contribution in [0.4, 0.5) is 36.5 Å². The largest absolute Gasteiger partial charge is 0.449 e. The minimum Gasteiger partial charge on any atom is -0.449 e. The first-order chi connectivity index (χ1) is 19.1. The second kappa shape index (κ2) is 11.4. The Balaban J connectivity index is 1.43. The van der Waals surface area contributed by atoms with E-state index in [-0.39, 0.29) is 22.4 Å². The van der Waals surface area contributed by atoms with E-state index in [9.17, 15) is 9.18 Å². The fraction of sp³-hybridized carbons (Fsp3) is 0.483. The molecule has 2 aliphatic rings. The summed E-state index contributed by atoms with van der Waals surface area (Å²) in [6.45, 7) is 13.0. The molecule has 9 nitrogen and oxygen atoms in total. The van der Waals surface area contributed by atoms with Gasteiger partial charge in [0.2, 0.25) is 0 Å². The number of halogens is 2. The molecular formula is C29H36F2N6O3. The lowest BCUT2D eigenvalue weighted by Crippen LogP contribution is -2.49. The van der Waals surface area contributed by atoms with Gasteiger partial charge < -0.3 is 29.5 Å². The van der Waals surface area contributed by atoms with E-state index in [1.165, 1.54) is 6.07 Å². The number of pyridine rings is 2. The number of carbonyl (C=O) groups is 1. The predicted octanol–water partition coefficient (Wildman–Crippen LogP) is 5.10.